The van der Waals surface area contributed by atoms with Gasteiger partial charge in [-0.3, -0.25) is 0 Å². The number of rotatable bonds is 5. The summed E-state index contributed by atoms with van der Waals surface area (Å²) in [6.07, 6.45) is 0.803. The molecule has 0 saturated carbocycles. The molecule has 0 fully saturated rings. The van der Waals surface area contributed by atoms with Gasteiger partial charge in [0.15, 0.2) is 11.6 Å². The smallest absolute Gasteiger partial charge is 0.196 e. The summed E-state index contributed by atoms with van der Waals surface area (Å²) in [7, 11) is 1.92. The minimum Gasteiger partial charge on any atom is -0.453 e. The maximum absolute atomic E-state index is 6.41. The SMILES string of the molecule is CNCCC(N)c1nc(-c2cc3ccccc3o2)nc2ccccc12.Cl.Cl. The highest BCUT2D eigenvalue weighted by Gasteiger charge is 2.17. The Kier molecular flexibility index (Phi) is 7.16. The zero-order chi connectivity index (χ0) is 17.2. The van der Waals surface area contributed by atoms with Crippen LogP contribution in [0.3, 0.4) is 0 Å². The Morgan fingerprint density at radius 3 is 2.56 bits per heavy atom. The summed E-state index contributed by atoms with van der Waals surface area (Å²) in [6, 6.07) is 17.7. The molecule has 3 N–H and O–H groups in total. The first-order valence-electron chi connectivity index (χ1n) is 8.42. The Labute approximate surface area is 170 Å². The van der Waals surface area contributed by atoms with Gasteiger partial charge < -0.3 is 15.5 Å². The average molecular weight is 405 g/mol. The number of hydrogen-bond acceptors (Lipinski definition) is 5. The van der Waals surface area contributed by atoms with Gasteiger partial charge in [0.1, 0.15) is 5.58 Å². The fourth-order valence-corrected chi connectivity index (χ4v) is 3.02. The van der Waals surface area contributed by atoms with E-state index in [0.717, 1.165) is 40.5 Å². The predicted molar refractivity (Wildman–Crippen MR) is 115 cm³/mol. The summed E-state index contributed by atoms with van der Waals surface area (Å²) in [5.41, 5.74) is 8.97. The van der Waals surface area contributed by atoms with Crippen molar-refractivity contribution in [1.29, 1.82) is 0 Å². The van der Waals surface area contributed by atoms with Crippen LogP contribution in [0.1, 0.15) is 18.2 Å². The van der Waals surface area contributed by atoms with Crippen molar-refractivity contribution >= 4 is 46.7 Å². The monoisotopic (exact) mass is 404 g/mol. The number of para-hydroxylation sites is 2. The molecule has 0 bridgehead atoms. The molecule has 0 aliphatic heterocycles. The van der Waals surface area contributed by atoms with Crippen molar-refractivity contribution in [3.8, 4) is 11.6 Å². The van der Waals surface area contributed by atoms with Crippen LogP contribution < -0.4 is 11.1 Å². The van der Waals surface area contributed by atoms with E-state index in [0.29, 0.717) is 11.6 Å². The molecule has 0 aliphatic carbocycles. The first kappa shape index (κ1) is 21.1. The van der Waals surface area contributed by atoms with Crippen LogP contribution in [0.2, 0.25) is 0 Å². The van der Waals surface area contributed by atoms with Gasteiger partial charge in [0.05, 0.1) is 11.2 Å². The molecule has 2 heterocycles. The average Bonchev–Trinajstić information content (AvgIpc) is 3.09. The molecule has 1 atom stereocenters. The first-order valence-corrected chi connectivity index (χ1v) is 8.42. The second-order valence-corrected chi connectivity index (χ2v) is 6.10. The first-order chi connectivity index (χ1) is 12.3. The van der Waals surface area contributed by atoms with Gasteiger partial charge in [-0.1, -0.05) is 36.4 Å². The second kappa shape index (κ2) is 9.15. The number of furan rings is 1. The molecule has 4 aromatic rings. The van der Waals surface area contributed by atoms with E-state index in [4.69, 9.17) is 15.1 Å². The van der Waals surface area contributed by atoms with Crippen LogP contribution in [-0.2, 0) is 0 Å². The molecular formula is C20H22Cl2N4O. The van der Waals surface area contributed by atoms with Gasteiger partial charge in [-0.25, -0.2) is 9.97 Å². The minimum absolute atomic E-state index is 0. The number of halogens is 2. The Morgan fingerprint density at radius 1 is 1.04 bits per heavy atom. The largest absolute Gasteiger partial charge is 0.453 e. The molecule has 0 saturated heterocycles. The minimum atomic E-state index is -0.163. The number of nitrogens with one attached hydrogen (secondary N) is 1. The van der Waals surface area contributed by atoms with Crippen molar-refractivity contribution in [2.45, 2.75) is 12.5 Å². The van der Waals surface area contributed by atoms with Gasteiger partial charge in [0.2, 0.25) is 0 Å². The van der Waals surface area contributed by atoms with Crippen molar-refractivity contribution in [3.63, 3.8) is 0 Å². The van der Waals surface area contributed by atoms with Crippen LogP contribution in [0, 0.1) is 0 Å². The van der Waals surface area contributed by atoms with Gasteiger partial charge in [0.25, 0.3) is 0 Å². The van der Waals surface area contributed by atoms with Crippen molar-refractivity contribution in [2.75, 3.05) is 13.6 Å². The normalized spacial score (nSPS) is 11.8. The van der Waals surface area contributed by atoms with E-state index in [2.05, 4.69) is 10.3 Å². The molecule has 2 aromatic heterocycles. The second-order valence-electron chi connectivity index (χ2n) is 6.10. The maximum atomic E-state index is 6.41. The van der Waals surface area contributed by atoms with E-state index in [1.165, 1.54) is 0 Å². The highest BCUT2D eigenvalue weighted by Crippen LogP contribution is 2.29. The molecule has 0 spiro atoms. The quantitative estimate of drug-likeness (QED) is 0.512. The molecule has 0 amide bonds. The zero-order valence-electron chi connectivity index (χ0n) is 14.9. The van der Waals surface area contributed by atoms with E-state index in [1.54, 1.807) is 0 Å². The van der Waals surface area contributed by atoms with Crippen LogP contribution in [0.15, 0.2) is 59.0 Å². The van der Waals surface area contributed by atoms with Crippen LogP contribution in [-0.4, -0.2) is 23.6 Å². The Bertz CT molecular complexity index is 1000. The summed E-state index contributed by atoms with van der Waals surface area (Å²) in [4.78, 5) is 9.45. The Hall–Kier alpha value is -2.18. The van der Waals surface area contributed by atoms with E-state index in [-0.39, 0.29) is 30.9 Å². The fraction of sp³-hybridized carbons (Fsp3) is 0.200. The fourth-order valence-electron chi connectivity index (χ4n) is 3.02. The molecule has 2 aromatic carbocycles. The highest BCUT2D eigenvalue weighted by molar-refractivity contribution is 5.86. The molecule has 0 radical (unpaired) electrons. The topological polar surface area (TPSA) is 77.0 Å². The lowest BCUT2D eigenvalue weighted by atomic mass is 10.1. The van der Waals surface area contributed by atoms with E-state index >= 15 is 0 Å². The Balaban J connectivity index is 0.00000131. The van der Waals surface area contributed by atoms with Gasteiger partial charge in [-0.2, -0.15) is 0 Å². The summed E-state index contributed by atoms with van der Waals surface area (Å²) in [5, 5.41) is 5.17. The van der Waals surface area contributed by atoms with Crippen molar-refractivity contribution in [1.82, 2.24) is 15.3 Å². The van der Waals surface area contributed by atoms with Crippen LogP contribution in [0.5, 0.6) is 0 Å². The molecule has 4 rings (SSSR count). The van der Waals surface area contributed by atoms with Gasteiger partial charge in [0, 0.05) is 16.8 Å². The standard InChI is InChI=1S/C20H20N4O.2ClH/c1-22-11-10-15(21)19-14-7-3-4-8-16(14)23-20(24-19)18-12-13-6-2-5-9-17(13)25-18;;/h2-9,12,15,22H,10-11,21H2,1H3;2*1H. The molecule has 0 aliphatic rings. The maximum Gasteiger partial charge on any atom is 0.196 e. The number of hydrogen-bond donors (Lipinski definition) is 2. The number of nitrogens with zero attached hydrogens (tertiary/aromatic N) is 2. The lowest BCUT2D eigenvalue weighted by Crippen LogP contribution is -2.19. The predicted octanol–water partition coefficient (Wildman–Crippen LogP) is 4.50. The van der Waals surface area contributed by atoms with Gasteiger partial charge in [-0.05, 0) is 38.2 Å². The lowest BCUT2D eigenvalue weighted by molar-refractivity contribution is 0.600. The third-order valence-electron chi connectivity index (χ3n) is 4.34. The van der Waals surface area contributed by atoms with Crippen molar-refractivity contribution < 1.29 is 4.42 Å². The van der Waals surface area contributed by atoms with E-state index < -0.39 is 0 Å². The summed E-state index contributed by atoms with van der Waals surface area (Å²) < 4.78 is 5.94. The molecular weight excluding hydrogens is 383 g/mol. The third-order valence-corrected chi connectivity index (χ3v) is 4.34. The summed E-state index contributed by atoms with van der Waals surface area (Å²) in [6.45, 7) is 0.833. The van der Waals surface area contributed by atoms with E-state index in [1.807, 2.05) is 61.6 Å². The highest BCUT2D eigenvalue weighted by atomic mass is 35.5. The van der Waals surface area contributed by atoms with Gasteiger partial charge in [-0.15, -0.1) is 24.8 Å². The van der Waals surface area contributed by atoms with E-state index in [9.17, 15) is 0 Å². The number of nitrogens with two attached hydrogens (primary N) is 1. The molecule has 5 nitrogen and oxygen atoms in total. The van der Waals surface area contributed by atoms with Crippen molar-refractivity contribution in [3.05, 3.63) is 60.3 Å². The third kappa shape index (κ3) is 4.22. The molecule has 27 heavy (non-hydrogen) atoms. The van der Waals surface area contributed by atoms with Crippen LogP contribution in [0.25, 0.3) is 33.5 Å². The number of aromatic nitrogens is 2. The molecule has 142 valence electrons. The zero-order valence-corrected chi connectivity index (χ0v) is 16.5. The van der Waals surface area contributed by atoms with Crippen LogP contribution >= 0.6 is 24.8 Å². The summed E-state index contributed by atoms with van der Waals surface area (Å²) >= 11 is 0. The lowest BCUT2D eigenvalue weighted by Gasteiger charge is -2.14. The van der Waals surface area contributed by atoms with Gasteiger partial charge >= 0.3 is 0 Å². The number of fused-ring (bicyclic) bond motifs is 2. The van der Waals surface area contributed by atoms with Crippen molar-refractivity contribution in [2.24, 2.45) is 5.73 Å². The Morgan fingerprint density at radius 2 is 1.78 bits per heavy atom. The molecule has 7 heteroatoms. The van der Waals surface area contributed by atoms with Crippen LogP contribution in [0.4, 0.5) is 0 Å². The number of benzene rings is 2. The molecule has 1 unspecified atom stereocenters. The summed E-state index contributed by atoms with van der Waals surface area (Å²) in [5.74, 6) is 1.24.